The van der Waals surface area contributed by atoms with Gasteiger partial charge in [0.2, 0.25) is 0 Å². The van der Waals surface area contributed by atoms with Crippen LogP contribution < -0.4 is 5.32 Å². The lowest BCUT2D eigenvalue weighted by Gasteiger charge is -2.40. The van der Waals surface area contributed by atoms with Crippen molar-refractivity contribution in [3.05, 3.63) is 40.4 Å². The fourth-order valence-corrected chi connectivity index (χ4v) is 3.81. The number of aliphatic hydroxyl groups excluding tert-OH is 1. The first kappa shape index (κ1) is 17.5. The third-order valence-electron chi connectivity index (χ3n) is 4.03. The summed E-state index contributed by atoms with van der Waals surface area (Å²) in [5.41, 5.74) is -1.45. The largest absolute Gasteiger partial charge is 0.481 e. The molecule has 1 aromatic carbocycles. The van der Waals surface area contributed by atoms with Crippen molar-refractivity contribution in [3.63, 3.8) is 0 Å². The number of carboxylic acids is 2. The van der Waals surface area contributed by atoms with Crippen LogP contribution in [0.4, 0.5) is 5.69 Å². The zero-order chi connectivity index (χ0) is 17.3. The van der Waals surface area contributed by atoms with E-state index in [1.165, 1.54) is 6.92 Å². The van der Waals surface area contributed by atoms with E-state index in [1.54, 1.807) is 30.3 Å². The van der Waals surface area contributed by atoms with Gasteiger partial charge in [-0.3, -0.25) is 4.79 Å². The van der Waals surface area contributed by atoms with Crippen molar-refractivity contribution in [1.82, 2.24) is 0 Å². The van der Waals surface area contributed by atoms with E-state index in [0.29, 0.717) is 15.7 Å². The van der Waals surface area contributed by atoms with Crippen LogP contribution >= 0.6 is 15.9 Å². The van der Waals surface area contributed by atoms with Gasteiger partial charge in [-0.1, -0.05) is 34.1 Å². The Morgan fingerprint density at radius 3 is 2.30 bits per heavy atom. The van der Waals surface area contributed by atoms with Gasteiger partial charge in [0.1, 0.15) is 5.54 Å². The number of hydrogen-bond acceptors (Lipinski definition) is 4. The Morgan fingerprint density at radius 1 is 1.22 bits per heavy atom. The molecule has 7 heteroatoms. The quantitative estimate of drug-likeness (QED) is 0.622. The number of benzene rings is 1. The highest BCUT2D eigenvalue weighted by atomic mass is 79.9. The number of aliphatic hydroxyl groups is 1. The maximum atomic E-state index is 11.9. The Bertz CT molecular complexity index is 657. The van der Waals surface area contributed by atoms with E-state index in [4.69, 9.17) is 5.11 Å². The highest BCUT2D eigenvalue weighted by Crippen LogP contribution is 2.44. The summed E-state index contributed by atoms with van der Waals surface area (Å²) in [6.07, 6.45) is 1.61. The molecule has 0 fully saturated rings. The van der Waals surface area contributed by atoms with Gasteiger partial charge in [-0.15, -0.1) is 0 Å². The molecule has 0 spiro atoms. The molecule has 0 radical (unpaired) electrons. The van der Waals surface area contributed by atoms with E-state index in [1.807, 2.05) is 0 Å². The van der Waals surface area contributed by atoms with Crippen LogP contribution in [0.3, 0.4) is 0 Å². The van der Waals surface area contributed by atoms with Crippen molar-refractivity contribution in [2.24, 2.45) is 5.41 Å². The highest BCUT2D eigenvalue weighted by Gasteiger charge is 2.50. The molecule has 0 amide bonds. The molecule has 1 aliphatic carbocycles. The second kappa shape index (κ2) is 6.33. The Labute approximate surface area is 142 Å². The maximum Gasteiger partial charge on any atom is 0.329 e. The van der Waals surface area contributed by atoms with Crippen molar-refractivity contribution >= 4 is 33.6 Å². The van der Waals surface area contributed by atoms with Gasteiger partial charge in [0.25, 0.3) is 0 Å². The number of carboxylic acid groups (broad SMARTS) is 2. The summed E-state index contributed by atoms with van der Waals surface area (Å²) in [6, 6.07) is 6.70. The summed E-state index contributed by atoms with van der Waals surface area (Å²) in [4.78, 5) is 23.5. The second-order valence-corrected chi connectivity index (χ2v) is 7.05. The summed E-state index contributed by atoms with van der Waals surface area (Å²) in [7, 11) is 0. The predicted octanol–water partition coefficient (Wildman–Crippen LogP) is 2.58. The number of nitrogens with one attached hydrogen (secondary N) is 1. The van der Waals surface area contributed by atoms with Crippen molar-refractivity contribution in [1.29, 1.82) is 0 Å². The minimum Gasteiger partial charge on any atom is -0.481 e. The molecule has 0 heterocycles. The minimum absolute atomic E-state index is 0.0818. The number of aliphatic carboxylic acids is 2. The number of hydrogen-bond donors (Lipinski definition) is 4. The molecule has 23 heavy (non-hydrogen) atoms. The molecular weight excluding hydrogens is 366 g/mol. The molecule has 2 rings (SSSR count). The molecule has 0 aromatic heterocycles. The second-order valence-electron chi connectivity index (χ2n) is 6.03. The SMILES string of the molecule is CC1(C(=O)O)C=C(Br)CC(Nc2ccc(CO)cc2)(C(=O)O)C1. The third-order valence-corrected chi connectivity index (χ3v) is 4.54. The summed E-state index contributed by atoms with van der Waals surface area (Å²) in [5, 5.41) is 31.2. The lowest BCUT2D eigenvalue weighted by atomic mass is 9.71. The van der Waals surface area contributed by atoms with E-state index in [9.17, 15) is 19.8 Å². The lowest BCUT2D eigenvalue weighted by molar-refractivity contribution is -0.149. The van der Waals surface area contributed by atoms with Gasteiger partial charge < -0.3 is 20.6 Å². The van der Waals surface area contributed by atoms with Crippen LogP contribution in [0.15, 0.2) is 34.8 Å². The third kappa shape index (κ3) is 3.56. The van der Waals surface area contributed by atoms with Gasteiger partial charge >= 0.3 is 11.9 Å². The Balaban J connectivity index is 2.38. The van der Waals surface area contributed by atoms with E-state index in [-0.39, 0.29) is 19.4 Å². The average molecular weight is 384 g/mol. The Kier molecular flexibility index (Phi) is 4.81. The number of carbonyl (C=O) groups is 2. The van der Waals surface area contributed by atoms with Crippen molar-refractivity contribution in [2.75, 3.05) is 5.32 Å². The van der Waals surface area contributed by atoms with E-state index in [2.05, 4.69) is 21.2 Å². The van der Waals surface area contributed by atoms with Crippen molar-refractivity contribution in [2.45, 2.75) is 31.9 Å². The first-order chi connectivity index (χ1) is 10.7. The molecule has 2 unspecified atom stereocenters. The van der Waals surface area contributed by atoms with Crippen molar-refractivity contribution < 1.29 is 24.9 Å². The normalized spacial score (nSPS) is 27.2. The molecule has 0 aliphatic heterocycles. The summed E-state index contributed by atoms with van der Waals surface area (Å²) >= 11 is 3.27. The first-order valence-corrected chi connectivity index (χ1v) is 7.82. The Morgan fingerprint density at radius 2 is 1.83 bits per heavy atom. The lowest BCUT2D eigenvalue weighted by Crippen LogP contribution is -2.53. The molecule has 2 atom stereocenters. The van der Waals surface area contributed by atoms with Crippen LogP contribution in [0.2, 0.25) is 0 Å². The molecule has 4 N–H and O–H groups in total. The van der Waals surface area contributed by atoms with Crippen LogP contribution in [-0.2, 0) is 16.2 Å². The monoisotopic (exact) mass is 383 g/mol. The number of rotatable bonds is 5. The van der Waals surface area contributed by atoms with E-state index < -0.39 is 22.9 Å². The molecule has 124 valence electrons. The summed E-state index contributed by atoms with van der Waals surface area (Å²) in [5.74, 6) is -2.18. The molecule has 0 saturated carbocycles. The average Bonchev–Trinajstić information content (AvgIpc) is 2.46. The van der Waals surface area contributed by atoms with Gasteiger partial charge in [0, 0.05) is 18.5 Å². The molecule has 0 bridgehead atoms. The van der Waals surface area contributed by atoms with Crippen LogP contribution in [-0.4, -0.2) is 32.8 Å². The van der Waals surface area contributed by atoms with Gasteiger partial charge in [-0.05, 0) is 29.1 Å². The summed E-state index contributed by atoms with van der Waals surface area (Å²) in [6.45, 7) is 1.40. The van der Waals surface area contributed by atoms with E-state index >= 15 is 0 Å². The smallest absolute Gasteiger partial charge is 0.329 e. The zero-order valence-electron chi connectivity index (χ0n) is 12.5. The number of anilines is 1. The molecule has 6 nitrogen and oxygen atoms in total. The topological polar surface area (TPSA) is 107 Å². The van der Waals surface area contributed by atoms with Crippen molar-refractivity contribution in [3.8, 4) is 0 Å². The first-order valence-electron chi connectivity index (χ1n) is 7.03. The highest BCUT2D eigenvalue weighted by molar-refractivity contribution is 9.11. The predicted molar refractivity (Wildman–Crippen MR) is 88.3 cm³/mol. The van der Waals surface area contributed by atoms with Gasteiger partial charge in [0.05, 0.1) is 12.0 Å². The van der Waals surface area contributed by atoms with Crippen LogP contribution in [0, 0.1) is 5.41 Å². The number of halogens is 1. The fraction of sp³-hybridized carbons (Fsp3) is 0.375. The molecular formula is C16H18BrNO5. The van der Waals surface area contributed by atoms with E-state index in [0.717, 1.165) is 0 Å². The van der Waals surface area contributed by atoms with Gasteiger partial charge in [0.15, 0.2) is 0 Å². The minimum atomic E-state index is -1.43. The van der Waals surface area contributed by atoms with Crippen LogP contribution in [0.1, 0.15) is 25.3 Å². The summed E-state index contributed by atoms with van der Waals surface area (Å²) < 4.78 is 0.538. The fourth-order valence-electron chi connectivity index (χ4n) is 2.83. The van der Waals surface area contributed by atoms with Crippen LogP contribution in [0.25, 0.3) is 0 Å². The van der Waals surface area contributed by atoms with Crippen LogP contribution in [0.5, 0.6) is 0 Å². The van der Waals surface area contributed by atoms with Gasteiger partial charge in [-0.25, -0.2) is 4.79 Å². The Hall–Kier alpha value is -1.86. The maximum absolute atomic E-state index is 11.9. The van der Waals surface area contributed by atoms with Gasteiger partial charge in [-0.2, -0.15) is 0 Å². The molecule has 0 saturated heterocycles. The zero-order valence-corrected chi connectivity index (χ0v) is 14.1. The molecule has 1 aliphatic rings. The standard InChI is InChI=1S/C16H18BrNO5/c1-15(13(20)21)6-11(17)7-16(9-15,14(22)23)18-12-4-2-10(8-19)3-5-12/h2-6,18-19H,7-9H2,1H3,(H,20,21)(H,22,23). The molecule has 1 aromatic rings.